The molecule has 0 bridgehead atoms. The quantitative estimate of drug-likeness (QED) is 0.821. The van der Waals surface area contributed by atoms with Crippen molar-refractivity contribution in [3.05, 3.63) is 35.1 Å². The molecule has 3 N–H and O–H groups in total. The summed E-state index contributed by atoms with van der Waals surface area (Å²) in [7, 11) is 0. The van der Waals surface area contributed by atoms with E-state index >= 15 is 0 Å². The zero-order valence-electron chi connectivity index (χ0n) is 12.5. The summed E-state index contributed by atoms with van der Waals surface area (Å²) in [4.78, 5) is 12.4. The summed E-state index contributed by atoms with van der Waals surface area (Å²) in [5.41, 5.74) is 6.21. The highest BCUT2D eigenvalue weighted by molar-refractivity contribution is 5.97. The lowest BCUT2D eigenvalue weighted by atomic mass is 9.87. The molecule has 1 aromatic rings. The highest BCUT2D eigenvalue weighted by Gasteiger charge is 2.35. The van der Waals surface area contributed by atoms with Gasteiger partial charge in [-0.15, -0.1) is 0 Å². The van der Waals surface area contributed by atoms with Gasteiger partial charge in [0.2, 0.25) is 0 Å². The van der Waals surface area contributed by atoms with Crippen LogP contribution in [0, 0.1) is 23.1 Å². The summed E-state index contributed by atoms with van der Waals surface area (Å²) in [6.07, 6.45) is 3.14. The van der Waals surface area contributed by atoms with Gasteiger partial charge in [-0.05, 0) is 36.5 Å². The van der Waals surface area contributed by atoms with Crippen LogP contribution in [0.2, 0.25) is 0 Å². The van der Waals surface area contributed by atoms with E-state index in [1.807, 2.05) is 0 Å². The number of hydrogen-bond donors (Lipinski definition) is 2. The molecule has 0 saturated heterocycles. The molecule has 1 atom stereocenters. The SMILES string of the molecule is CC1(C)CCCC1NC(=O)c1cc(F)ccc1C#CCN. The molecule has 112 valence electrons. The molecule has 1 fully saturated rings. The van der Waals surface area contributed by atoms with Gasteiger partial charge < -0.3 is 11.1 Å². The van der Waals surface area contributed by atoms with Crippen LogP contribution >= 0.6 is 0 Å². The Morgan fingerprint density at radius 2 is 2.29 bits per heavy atom. The lowest BCUT2D eigenvalue weighted by molar-refractivity contribution is 0.0909. The number of carbonyl (C=O) groups is 1. The Kier molecular flexibility index (Phi) is 4.64. The molecule has 0 radical (unpaired) electrons. The first-order valence-electron chi connectivity index (χ1n) is 7.23. The summed E-state index contributed by atoms with van der Waals surface area (Å²) < 4.78 is 13.4. The zero-order chi connectivity index (χ0) is 15.5. The Labute approximate surface area is 125 Å². The lowest BCUT2D eigenvalue weighted by Crippen LogP contribution is -2.41. The van der Waals surface area contributed by atoms with E-state index in [4.69, 9.17) is 5.73 Å². The average molecular weight is 288 g/mol. The molecule has 0 aromatic heterocycles. The Hall–Kier alpha value is -1.86. The summed E-state index contributed by atoms with van der Waals surface area (Å²) in [5, 5.41) is 3.02. The Balaban J connectivity index is 2.24. The minimum atomic E-state index is -0.441. The summed E-state index contributed by atoms with van der Waals surface area (Å²) in [6.45, 7) is 4.49. The summed E-state index contributed by atoms with van der Waals surface area (Å²) >= 11 is 0. The van der Waals surface area contributed by atoms with Crippen molar-refractivity contribution in [3.8, 4) is 11.8 Å². The van der Waals surface area contributed by atoms with Gasteiger partial charge in [0.25, 0.3) is 5.91 Å². The number of hydrogen-bond acceptors (Lipinski definition) is 2. The van der Waals surface area contributed by atoms with Gasteiger partial charge in [-0.3, -0.25) is 4.79 Å². The molecule has 1 amide bonds. The van der Waals surface area contributed by atoms with Crippen LogP contribution in [0.25, 0.3) is 0 Å². The minimum Gasteiger partial charge on any atom is -0.349 e. The van der Waals surface area contributed by atoms with Crippen LogP contribution < -0.4 is 11.1 Å². The van der Waals surface area contributed by atoms with E-state index in [1.54, 1.807) is 0 Å². The fraction of sp³-hybridized carbons (Fsp3) is 0.471. The number of halogens is 1. The second kappa shape index (κ2) is 6.28. The summed E-state index contributed by atoms with van der Waals surface area (Å²) in [6, 6.07) is 4.17. The third-order valence-corrected chi connectivity index (χ3v) is 4.11. The van der Waals surface area contributed by atoms with E-state index in [0.29, 0.717) is 5.56 Å². The Bertz CT molecular complexity index is 599. The molecule has 0 heterocycles. The van der Waals surface area contributed by atoms with E-state index < -0.39 is 5.82 Å². The van der Waals surface area contributed by atoms with Gasteiger partial charge in [0, 0.05) is 11.6 Å². The van der Waals surface area contributed by atoms with Crippen molar-refractivity contribution in [3.63, 3.8) is 0 Å². The van der Waals surface area contributed by atoms with Crippen molar-refractivity contribution in [1.29, 1.82) is 0 Å². The van der Waals surface area contributed by atoms with E-state index in [2.05, 4.69) is 31.0 Å². The van der Waals surface area contributed by atoms with Crippen LogP contribution in [-0.4, -0.2) is 18.5 Å². The molecule has 3 nitrogen and oxygen atoms in total. The fourth-order valence-electron chi connectivity index (χ4n) is 2.79. The van der Waals surface area contributed by atoms with Crippen molar-refractivity contribution in [2.75, 3.05) is 6.54 Å². The fourth-order valence-corrected chi connectivity index (χ4v) is 2.79. The van der Waals surface area contributed by atoms with Crippen LogP contribution in [0.4, 0.5) is 4.39 Å². The Morgan fingerprint density at radius 1 is 1.52 bits per heavy atom. The first-order valence-corrected chi connectivity index (χ1v) is 7.23. The highest BCUT2D eigenvalue weighted by atomic mass is 19.1. The van der Waals surface area contributed by atoms with Gasteiger partial charge >= 0.3 is 0 Å². The first-order chi connectivity index (χ1) is 9.94. The normalized spacial score (nSPS) is 19.7. The van der Waals surface area contributed by atoms with Gasteiger partial charge in [0.1, 0.15) is 5.82 Å². The third-order valence-electron chi connectivity index (χ3n) is 4.11. The largest absolute Gasteiger partial charge is 0.349 e. The number of carbonyl (C=O) groups excluding carboxylic acids is 1. The topological polar surface area (TPSA) is 55.1 Å². The molecule has 1 aliphatic carbocycles. The minimum absolute atomic E-state index is 0.0755. The number of rotatable bonds is 2. The average Bonchev–Trinajstić information content (AvgIpc) is 2.76. The monoisotopic (exact) mass is 288 g/mol. The van der Waals surface area contributed by atoms with Crippen molar-refractivity contribution in [2.45, 2.75) is 39.2 Å². The molecule has 1 saturated carbocycles. The van der Waals surface area contributed by atoms with Gasteiger partial charge in [-0.25, -0.2) is 4.39 Å². The first kappa shape index (κ1) is 15.5. The molecule has 0 spiro atoms. The summed E-state index contributed by atoms with van der Waals surface area (Å²) in [5.74, 6) is 4.82. The van der Waals surface area contributed by atoms with Gasteiger partial charge in [0.15, 0.2) is 0 Å². The van der Waals surface area contributed by atoms with Crippen LogP contribution in [0.5, 0.6) is 0 Å². The molecular weight excluding hydrogens is 267 g/mol. The molecule has 1 aromatic carbocycles. The van der Waals surface area contributed by atoms with E-state index in [0.717, 1.165) is 19.3 Å². The maximum atomic E-state index is 13.4. The van der Waals surface area contributed by atoms with Crippen molar-refractivity contribution in [2.24, 2.45) is 11.1 Å². The predicted molar refractivity (Wildman–Crippen MR) is 81.2 cm³/mol. The van der Waals surface area contributed by atoms with Gasteiger partial charge in [-0.2, -0.15) is 0 Å². The van der Waals surface area contributed by atoms with E-state index in [-0.39, 0.29) is 29.5 Å². The highest BCUT2D eigenvalue weighted by Crippen LogP contribution is 2.37. The molecular formula is C17H21FN2O. The molecule has 4 heteroatoms. The maximum Gasteiger partial charge on any atom is 0.252 e. The second-order valence-electron chi connectivity index (χ2n) is 6.10. The second-order valence-corrected chi connectivity index (χ2v) is 6.10. The van der Waals surface area contributed by atoms with Crippen LogP contribution in [0.1, 0.15) is 49.0 Å². The van der Waals surface area contributed by atoms with Crippen LogP contribution in [0.3, 0.4) is 0 Å². The van der Waals surface area contributed by atoms with E-state index in [1.165, 1.54) is 18.2 Å². The zero-order valence-corrected chi connectivity index (χ0v) is 12.5. The molecule has 1 unspecified atom stereocenters. The molecule has 0 aliphatic heterocycles. The number of nitrogens with one attached hydrogen (secondary N) is 1. The number of amides is 1. The number of benzene rings is 1. The third kappa shape index (κ3) is 3.62. The maximum absolute atomic E-state index is 13.4. The van der Waals surface area contributed by atoms with Crippen molar-refractivity contribution >= 4 is 5.91 Å². The van der Waals surface area contributed by atoms with Crippen LogP contribution in [0.15, 0.2) is 18.2 Å². The van der Waals surface area contributed by atoms with Crippen molar-refractivity contribution < 1.29 is 9.18 Å². The van der Waals surface area contributed by atoms with Crippen molar-refractivity contribution in [1.82, 2.24) is 5.32 Å². The molecule has 1 aliphatic rings. The molecule has 21 heavy (non-hydrogen) atoms. The number of nitrogens with two attached hydrogens (primary N) is 1. The van der Waals surface area contributed by atoms with Gasteiger partial charge in [-0.1, -0.05) is 32.1 Å². The smallest absolute Gasteiger partial charge is 0.252 e. The Morgan fingerprint density at radius 3 is 2.90 bits per heavy atom. The van der Waals surface area contributed by atoms with E-state index in [9.17, 15) is 9.18 Å². The standard InChI is InChI=1S/C17H21FN2O/c1-17(2)9-3-6-15(17)20-16(21)14-11-13(18)8-7-12(14)5-4-10-19/h7-8,11,15H,3,6,9-10,19H2,1-2H3,(H,20,21). The predicted octanol–water partition coefficient (Wildman–Crippen LogP) is 2.44. The van der Waals surface area contributed by atoms with Crippen LogP contribution in [-0.2, 0) is 0 Å². The van der Waals surface area contributed by atoms with Gasteiger partial charge in [0.05, 0.1) is 12.1 Å². The lowest BCUT2D eigenvalue weighted by Gasteiger charge is -2.28. The molecule has 2 rings (SSSR count).